The first-order valence-electron chi connectivity index (χ1n) is 3.98. The van der Waals surface area contributed by atoms with Crippen LogP contribution < -0.4 is 11.2 Å². The zero-order valence-corrected chi connectivity index (χ0v) is 7.44. The zero-order valence-electron chi connectivity index (χ0n) is 7.44. The van der Waals surface area contributed by atoms with Gasteiger partial charge in [0.25, 0.3) is 5.56 Å². The van der Waals surface area contributed by atoms with E-state index in [9.17, 15) is 9.59 Å². The predicted octanol–water partition coefficient (Wildman–Crippen LogP) is -0.536. The molecule has 2 aromatic heterocycles. The minimum absolute atomic E-state index is 0.401. The number of nitrogens with one attached hydrogen (secondary N) is 2. The number of aromatic nitrogens is 4. The fraction of sp³-hybridized carbons (Fsp3) is 0.125. The van der Waals surface area contributed by atoms with Crippen LogP contribution in [0.1, 0.15) is 0 Å². The molecule has 0 bridgehead atoms. The normalized spacial score (nSPS) is 10.4. The quantitative estimate of drug-likeness (QED) is 0.636. The Bertz CT molecular complexity index is 563. The molecule has 0 aliphatic rings. The summed E-state index contributed by atoms with van der Waals surface area (Å²) in [4.78, 5) is 26.6. The Balaban J connectivity index is 2.63. The van der Waals surface area contributed by atoms with Crippen molar-refractivity contribution in [2.45, 2.75) is 0 Å². The molecule has 14 heavy (non-hydrogen) atoms. The second kappa shape index (κ2) is 2.99. The van der Waals surface area contributed by atoms with E-state index in [0.717, 1.165) is 0 Å². The zero-order chi connectivity index (χ0) is 10.1. The topological polar surface area (TPSA) is 83.5 Å². The Morgan fingerprint density at radius 2 is 2.21 bits per heavy atom. The van der Waals surface area contributed by atoms with Crippen molar-refractivity contribution < 1.29 is 0 Å². The highest BCUT2D eigenvalue weighted by Crippen LogP contribution is 2.10. The first-order chi connectivity index (χ1) is 6.66. The average molecular weight is 192 g/mol. The van der Waals surface area contributed by atoms with E-state index in [1.807, 2.05) is 0 Å². The van der Waals surface area contributed by atoms with Gasteiger partial charge < -0.3 is 4.98 Å². The number of hydrogen-bond acceptors (Lipinski definition) is 3. The molecule has 0 unspecified atom stereocenters. The largest absolute Gasteiger partial charge is 0.325 e. The van der Waals surface area contributed by atoms with Crippen molar-refractivity contribution in [2.75, 3.05) is 0 Å². The van der Waals surface area contributed by atoms with Gasteiger partial charge in [0.05, 0.1) is 11.8 Å². The summed E-state index contributed by atoms with van der Waals surface area (Å²) in [5.74, 6) is 0. The van der Waals surface area contributed by atoms with Crippen LogP contribution in [-0.2, 0) is 7.05 Å². The van der Waals surface area contributed by atoms with Gasteiger partial charge in [-0.25, -0.2) is 4.79 Å². The van der Waals surface area contributed by atoms with E-state index in [4.69, 9.17) is 0 Å². The van der Waals surface area contributed by atoms with E-state index in [0.29, 0.717) is 11.1 Å². The summed E-state index contributed by atoms with van der Waals surface area (Å²) in [6.45, 7) is 0. The third kappa shape index (κ3) is 1.37. The first-order valence-corrected chi connectivity index (χ1v) is 3.98. The van der Waals surface area contributed by atoms with Gasteiger partial charge in [-0.1, -0.05) is 0 Å². The number of aryl methyl sites for hydroxylation is 1. The Morgan fingerprint density at radius 1 is 1.43 bits per heavy atom. The minimum atomic E-state index is -0.511. The second-order valence-electron chi connectivity index (χ2n) is 2.89. The van der Waals surface area contributed by atoms with Crippen LogP contribution in [0.25, 0.3) is 11.1 Å². The molecule has 6 heteroatoms. The molecule has 0 fully saturated rings. The van der Waals surface area contributed by atoms with Crippen LogP contribution in [0.2, 0.25) is 0 Å². The fourth-order valence-corrected chi connectivity index (χ4v) is 1.18. The second-order valence-corrected chi connectivity index (χ2v) is 2.89. The van der Waals surface area contributed by atoms with E-state index in [1.54, 1.807) is 24.1 Å². The van der Waals surface area contributed by atoms with Crippen LogP contribution in [0.3, 0.4) is 0 Å². The first kappa shape index (κ1) is 8.49. The highest BCUT2D eigenvalue weighted by molar-refractivity contribution is 5.58. The van der Waals surface area contributed by atoms with Gasteiger partial charge in [0, 0.05) is 25.0 Å². The molecule has 6 nitrogen and oxygen atoms in total. The van der Waals surface area contributed by atoms with Crippen LogP contribution in [-0.4, -0.2) is 19.7 Å². The monoisotopic (exact) mass is 192 g/mol. The summed E-state index contributed by atoms with van der Waals surface area (Å²) in [5.41, 5.74) is 0.145. The minimum Gasteiger partial charge on any atom is -0.313 e. The van der Waals surface area contributed by atoms with Crippen molar-refractivity contribution in [3.8, 4) is 11.1 Å². The summed E-state index contributed by atoms with van der Waals surface area (Å²) in [5, 5.41) is 3.93. The van der Waals surface area contributed by atoms with Crippen molar-refractivity contribution in [2.24, 2.45) is 7.05 Å². The molecule has 0 aliphatic carbocycles. The summed E-state index contributed by atoms with van der Waals surface area (Å²) in [7, 11) is 1.75. The molecule has 2 N–H and O–H groups in total. The molecular formula is C8H8N4O2. The summed E-state index contributed by atoms with van der Waals surface area (Å²) in [6.07, 6.45) is 4.63. The van der Waals surface area contributed by atoms with E-state index in [2.05, 4.69) is 15.1 Å². The summed E-state index contributed by atoms with van der Waals surface area (Å²) >= 11 is 0. The summed E-state index contributed by atoms with van der Waals surface area (Å²) < 4.78 is 1.58. The highest BCUT2D eigenvalue weighted by atomic mass is 16.2. The number of nitrogens with zero attached hydrogens (tertiary/aromatic N) is 2. The molecule has 0 aliphatic heterocycles. The van der Waals surface area contributed by atoms with Crippen molar-refractivity contribution in [3.63, 3.8) is 0 Å². The van der Waals surface area contributed by atoms with Crippen molar-refractivity contribution in [1.82, 2.24) is 19.7 Å². The lowest BCUT2D eigenvalue weighted by atomic mass is 10.2. The van der Waals surface area contributed by atoms with E-state index in [1.165, 1.54) is 6.20 Å². The predicted molar refractivity (Wildman–Crippen MR) is 49.9 cm³/mol. The summed E-state index contributed by atoms with van der Waals surface area (Å²) in [6, 6.07) is 0. The molecule has 0 radical (unpaired) electrons. The molecule has 0 aromatic carbocycles. The molecule has 0 atom stereocenters. The van der Waals surface area contributed by atoms with E-state index >= 15 is 0 Å². The maximum absolute atomic E-state index is 11.3. The molecule has 0 spiro atoms. The lowest BCUT2D eigenvalue weighted by Crippen LogP contribution is -2.22. The van der Waals surface area contributed by atoms with Gasteiger partial charge in [0.15, 0.2) is 0 Å². The van der Waals surface area contributed by atoms with Gasteiger partial charge in [0.1, 0.15) is 0 Å². The van der Waals surface area contributed by atoms with Crippen LogP contribution in [0.15, 0.2) is 28.2 Å². The Kier molecular flexibility index (Phi) is 1.81. The van der Waals surface area contributed by atoms with E-state index < -0.39 is 11.2 Å². The Hall–Kier alpha value is -2.11. The van der Waals surface area contributed by atoms with Gasteiger partial charge in [-0.2, -0.15) is 5.10 Å². The molecular weight excluding hydrogens is 184 g/mol. The van der Waals surface area contributed by atoms with Crippen molar-refractivity contribution >= 4 is 0 Å². The molecule has 2 heterocycles. The number of rotatable bonds is 1. The van der Waals surface area contributed by atoms with Crippen LogP contribution in [0.5, 0.6) is 0 Å². The van der Waals surface area contributed by atoms with Crippen molar-refractivity contribution in [1.29, 1.82) is 0 Å². The molecule has 72 valence electrons. The third-order valence-electron chi connectivity index (χ3n) is 1.84. The lowest BCUT2D eigenvalue weighted by molar-refractivity contribution is 0.768. The van der Waals surface area contributed by atoms with Gasteiger partial charge in [-0.3, -0.25) is 14.5 Å². The van der Waals surface area contributed by atoms with Crippen LogP contribution in [0, 0.1) is 0 Å². The molecule has 2 rings (SSSR count). The van der Waals surface area contributed by atoms with Gasteiger partial charge in [0.2, 0.25) is 0 Å². The lowest BCUT2D eigenvalue weighted by Gasteiger charge is -1.92. The smallest absolute Gasteiger partial charge is 0.313 e. The third-order valence-corrected chi connectivity index (χ3v) is 1.84. The Morgan fingerprint density at radius 3 is 2.79 bits per heavy atom. The van der Waals surface area contributed by atoms with Crippen LogP contribution >= 0.6 is 0 Å². The van der Waals surface area contributed by atoms with Gasteiger partial charge >= 0.3 is 5.69 Å². The highest BCUT2D eigenvalue weighted by Gasteiger charge is 2.04. The molecule has 0 saturated heterocycles. The SMILES string of the molecule is Cn1cc(-c2c[nH]c(=O)[nH]c2=O)cn1. The number of H-pyrrole nitrogens is 2. The van der Waals surface area contributed by atoms with Crippen molar-refractivity contribution in [3.05, 3.63) is 39.4 Å². The molecule has 2 aromatic rings. The maximum atomic E-state index is 11.3. The van der Waals surface area contributed by atoms with Crippen LogP contribution in [0.4, 0.5) is 0 Å². The van der Waals surface area contributed by atoms with Gasteiger partial charge in [-0.15, -0.1) is 0 Å². The number of aromatic amines is 2. The average Bonchev–Trinajstić information content (AvgIpc) is 2.51. The standard InChI is InChI=1S/C8H8N4O2/c1-12-4-5(2-10-12)6-3-9-8(14)11-7(6)13/h2-4H,1H3,(H2,9,11,13,14). The Labute approximate surface area is 78.2 Å². The molecule has 0 saturated carbocycles. The maximum Gasteiger partial charge on any atom is 0.325 e. The fourth-order valence-electron chi connectivity index (χ4n) is 1.18. The molecule has 0 amide bonds. The number of hydrogen-bond donors (Lipinski definition) is 2. The van der Waals surface area contributed by atoms with Gasteiger partial charge in [-0.05, 0) is 0 Å². The van der Waals surface area contributed by atoms with E-state index in [-0.39, 0.29) is 0 Å².